The Morgan fingerprint density at radius 2 is 1.52 bits per heavy atom. The van der Waals surface area contributed by atoms with Crippen molar-refractivity contribution in [2.75, 3.05) is 27.3 Å². The minimum atomic E-state index is -0.957. The van der Waals surface area contributed by atoms with E-state index < -0.39 is 17.7 Å². The summed E-state index contributed by atoms with van der Waals surface area (Å²) in [7, 11) is 3.26. The van der Waals surface area contributed by atoms with Crippen LogP contribution >= 0.6 is 0 Å². The largest absolute Gasteiger partial charge is 0.493 e. The fourth-order valence-corrected chi connectivity index (χ4v) is 6.51. The highest BCUT2D eigenvalue weighted by Gasteiger charge is 2.34. The number of fused-ring (bicyclic) bond motifs is 1. The number of hydrogen-bond acceptors (Lipinski definition) is 5. The van der Waals surface area contributed by atoms with E-state index >= 15 is 0 Å². The first-order valence-corrected chi connectivity index (χ1v) is 15.9. The van der Waals surface area contributed by atoms with Gasteiger partial charge in [-0.05, 0) is 92.1 Å². The number of methoxy groups -OCH3 is 2. The molecule has 1 aliphatic carbocycles. The Labute approximate surface area is 270 Å². The molecule has 0 spiro atoms. The van der Waals surface area contributed by atoms with Gasteiger partial charge in [0.2, 0.25) is 0 Å². The van der Waals surface area contributed by atoms with Crippen LogP contribution in [0.3, 0.4) is 0 Å². The lowest BCUT2D eigenvalue weighted by molar-refractivity contribution is -0.138. The zero-order valence-corrected chi connectivity index (χ0v) is 26.7. The number of carboxylic acids is 1. The average Bonchev–Trinajstić information content (AvgIpc) is 3.38. The molecule has 4 aromatic carbocycles. The van der Waals surface area contributed by atoms with Crippen LogP contribution in [0.2, 0.25) is 0 Å². The van der Waals surface area contributed by atoms with E-state index in [1.807, 2.05) is 42.5 Å². The highest BCUT2D eigenvalue weighted by atomic mass is 19.1. The Hall–Kier alpha value is -4.49. The standard InChI is InChI=1S/C24H29NO3.C15H13FO2/c1-27-22-14-19-13-20(24(26)21(19)15-23(22)28-2)12-17-8-10-25(11-9-17)16-18-6-4-3-5-7-18;1-10(15(17)18)12-7-8-13(14(16)9-12)11-5-3-2-4-6-11/h3-7,14-15,17,20H,8-13,16H2,1-2H3;2-10H,1H3,(H,17,18)/t;10-/m.1/s1. The predicted molar refractivity (Wildman–Crippen MR) is 178 cm³/mol. The number of piperidine rings is 1. The number of likely N-dealkylation sites (tertiary alicyclic amines) is 1. The Morgan fingerprint density at radius 1 is 0.891 bits per heavy atom. The van der Waals surface area contributed by atoms with Crippen molar-refractivity contribution in [2.45, 2.75) is 45.1 Å². The third-order valence-corrected chi connectivity index (χ3v) is 9.23. The SMILES string of the molecule is COc1cc2c(cc1OC)C(=O)C(CC1CCN(Cc3ccccc3)CC1)C2.C[C@@H](C(=O)O)c1ccc(-c2ccccc2)c(F)c1. The molecule has 7 heteroatoms. The van der Waals surface area contributed by atoms with Crippen molar-refractivity contribution >= 4 is 11.8 Å². The summed E-state index contributed by atoms with van der Waals surface area (Å²) in [5, 5.41) is 8.89. The molecule has 2 aliphatic rings. The van der Waals surface area contributed by atoms with Gasteiger partial charge >= 0.3 is 5.97 Å². The van der Waals surface area contributed by atoms with Crippen LogP contribution in [0.15, 0.2) is 91.0 Å². The number of carbonyl (C=O) groups excluding carboxylic acids is 1. The lowest BCUT2D eigenvalue weighted by Crippen LogP contribution is -2.34. The van der Waals surface area contributed by atoms with E-state index in [9.17, 15) is 14.0 Å². The zero-order valence-electron chi connectivity index (χ0n) is 26.7. The van der Waals surface area contributed by atoms with Crippen LogP contribution in [0.4, 0.5) is 4.39 Å². The first-order valence-electron chi connectivity index (χ1n) is 15.9. The Kier molecular flexibility index (Phi) is 10.9. The second kappa shape index (κ2) is 15.2. The molecule has 1 N–H and O–H groups in total. The minimum absolute atomic E-state index is 0.109. The first kappa shape index (κ1) is 32.9. The number of rotatable bonds is 9. The second-order valence-electron chi connectivity index (χ2n) is 12.2. The van der Waals surface area contributed by atoms with E-state index in [4.69, 9.17) is 14.6 Å². The summed E-state index contributed by atoms with van der Waals surface area (Å²) in [6, 6.07) is 28.3. The van der Waals surface area contributed by atoms with Crippen LogP contribution in [0, 0.1) is 17.7 Å². The van der Waals surface area contributed by atoms with Gasteiger partial charge in [0.1, 0.15) is 5.82 Å². The summed E-state index contributed by atoms with van der Waals surface area (Å²) >= 11 is 0. The van der Waals surface area contributed by atoms with Gasteiger partial charge in [0, 0.05) is 23.6 Å². The maximum Gasteiger partial charge on any atom is 0.310 e. The second-order valence-corrected chi connectivity index (χ2v) is 12.2. The molecule has 0 amide bonds. The van der Waals surface area contributed by atoms with Crippen molar-refractivity contribution in [2.24, 2.45) is 11.8 Å². The molecule has 1 unspecified atom stereocenters. The number of halogens is 1. The molecule has 0 saturated carbocycles. The van der Waals surface area contributed by atoms with Crippen LogP contribution in [0.1, 0.15) is 59.2 Å². The van der Waals surface area contributed by atoms with Gasteiger partial charge in [0.25, 0.3) is 0 Å². The number of Topliss-reactive ketones (excluding diaryl/α,β-unsaturated/α-hetero) is 1. The van der Waals surface area contributed by atoms with E-state index in [1.54, 1.807) is 33.3 Å². The zero-order chi connectivity index (χ0) is 32.6. The molecule has 1 fully saturated rings. The van der Waals surface area contributed by atoms with E-state index in [2.05, 4.69) is 35.2 Å². The topological polar surface area (TPSA) is 76.1 Å². The Balaban J connectivity index is 0.000000200. The third kappa shape index (κ3) is 7.83. The molecule has 240 valence electrons. The fraction of sp³-hybridized carbons (Fsp3) is 0.333. The van der Waals surface area contributed by atoms with Crippen LogP contribution in [-0.4, -0.2) is 49.1 Å². The number of aliphatic carboxylic acids is 1. The molecule has 4 aromatic rings. The first-order chi connectivity index (χ1) is 22.3. The highest BCUT2D eigenvalue weighted by molar-refractivity contribution is 6.02. The van der Waals surface area contributed by atoms with Crippen molar-refractivity contribution in [1.29, 1.82) is 0 Å². The van der Waals surface area contributed by atoms with Gasteiger partial charge in [0.05, 0.1) is 20.1 Å². The van der Waals surface area contributed by atoms with Gasteiger partial charge in [-0.2, -0.15) is 0 Å². The molecule has 2 atom stereocenters. The van der Waals surface area contributed by atoms with Gasteiger partial charge in [-0.25, -0.2) is 4.39 Å². The van der Waals surface area contributed by atoms with Crippen LogP contribution in [0.5, 0.6) is 11.5 Å². The number of carbonyl (C=O) groups is 2. The van der Waals surface area contributed by atoms with E-state index in [1.165, 1.54) is 24.5 Å². The summed E-state index contributed by atoms with van der Waals surface area (Å²) in [5.41, 5.74) is 5.05. The van der Waals surface area contributed by atoms with Gasteiger partial charge in [-0.15, -0.1) is 0 Å². The fourth-order valence-electron chi connectivity index (χ4n) is 6.51. The van der Waals surface area contributed by atoms with Gasteiger partial charge in [0.15, 0.2) is 17.3 Å². The highest BCUT2D eigenvalue weighted by Crippen LogP contribution is 2.39. The lowest BCUT2D eigenvalue weighted by Gasteiger charge is -2.32. The molecule has 6 nitrogen and oxygen atoms in total. The van der Waals surface area contributed by atoms with Crippen LogP contribution < -0.4 is 9.47 Å². The minimum Gasteiger partial charge on any atom is -0.493 e. The summed E-state index contributed by atoms with van der Waals surface area (Å²) < 4.78 is 24.7. The average molecular weight is 624 g/mol. The Bertz CT molecular complexity index is 1630. The van der Waals surface area contributed by atoms with Crippen molar-refractivity contribution in [3.63, 3.8) is 0 Å². The quantitative estimate of drug-likeness (QED) is 0.203. The number of nitrogens with zero attached hydrogens (tertiary/aromatic N) is 1. The smallest absolute Gasteiger partial charge is 0.310 e. The summed E-state index contributed by atoms with van der Waals surface area (Å²) in [5.74, 6) is 0.325. The number of hydrogen-bond donors (Lipinski definition) is 1. The van der Waals surface area contributed by atoms with E-state index in [0.717, 1.165) is 49.2 Å². The Morgan fingerprint density at radius 3 is 2.13 bits per heavy atom. The van der Waals surface area contributed by atoms with Crippen LogP contribution in [-0.2, 0) is 17.8 Å². The normalized spacial score (nSPS) is 17.0. The third-order valence-electron chi connectivity index (χ3n) is 9.23. The molecule has 1 aliphatic heterocycles. The monoisotopic (exact) mass is 623 g/mol. The predicted octanol–water partition coefficient (Wildman–Crippen LogP) is 8.04. The number of benzene rings is 4. The summed E-state index contributed by atoms with van der Waals surface area (Å²) in [6.07, 6.45) is 4.19. The molecule has 0 radical (unpaired) electrons. The van der Waals surface area contributed by atoms with Crippen molar-refractivity contribution in [1.82, 2.24) is 4.90 Å². The molecular formula is C39H42FNO5. The maximum absolute atomic E-state index is 14.0. The van der Waals surface area contributed by atoms with Gasteiger partial charge in [-0.1, -0.05) is 72.8 Å². The van der Waals surface area contributed by atoms with E-state index in [0.29, 0.717) is 28.5 Å². The lowest BCUT2D eigenvalue weighted by atomic mass is 9.85. The number of ether oxygens (including phenoxy) is 2. The number of ketones is 1. The van der Waals surface area contributed by atoms with Crippen molar-refractivity contribution in [3.8, 4) is 22.6 Å². The van der Waals surface area contributed by atoms with Crippen molar-refractivity contribution in [3.05, 3.63) is 119 Å². The molecule has 46 heavy (non-hydrogen) atoms. The molecular weight excluding hydrogens is 581 g/mol. The van der Waals surface area contributed by atoms with Crippen molar-refractivity contribution < 1.29 is 28.6 Å². The summed E-state index contributed by atoms with van der Waals surface area (Å²) in [4.78, 5) is 26.3. The molecule has 0 aromatic heterocycles. The van der Waals surface area contributed by atoms with Crippen LogP contribution in [0.25, 0.3) is 11.1 Å². The van der Waals surface area contributed by atoms with Gasteiger partial charge < -0.3 is 14.6 Å². The molecule has 6 rings (SSSR count). The number of carboxylic acid groups (broad SMARTS) is 1. The molecule has 0 bridgehead atoms. The van der Waals surface area contributed by atoms with Gasteiger partial charge in [-0.3, -0.25) is 14.5 Å². The molecule has 1 saturated heterocycles. The maximum atomic E-state index is 14.0. The molecule has 1 heterocycles. The van der Waals surface area contributed by atoms with E-state index in [-0.39, 0.29) is 11.7 Å². The summed E-state index contributed by atoms with van der Waals surface area (Å²) in [6.45, 7) is 4.81.